The highest BCUT2D eigenvalue weighted by atomic mass is 35.5. The zero-order valence-corrected chi connectivity index (χ0v) is 18.5. The number of hydrogen-bond donors (Lipinski definition) is 2. The number of halogens is 8. The van der Waals surface area contributed by atoms with Crippen molar-refractivity contribution < 1.29 is 36.0 Å². The van der Waals surface area contributed by atoms with Crippen molar-refractivity contribution >= 4 is 40.5 Å². The van der Waals surface area contributed by atoms with Crippen LogP contribution in [0.2, 0.25) is 10.0 Å². The minimum Gasteiger partial charge on any atom is -0.374 e. The summed E-state index contributed by atoms with van der Waals surface area (Å²) in [6, 6.07) is 5.75. The molecule has 1 aliphatic carbocycles. The van der Waals surface area contributed by atoms with Crippen molar-refractivity contribution in [2.24, 2.45) is 11.1 Å². The van der Waals surface area contributed by atoms with Gasteiger partial charge < -0.3 is 4.84 Å². The van der Waals surface area contributed by atoms with E-state index in [0.29, 0.717) is 12.1 Å². The molecule has 1 fully saturated rings. The molecule has 2 aliphatic rings. The Labute approximate surface area is 199 Å². The third kappa shape index (κ3) is 4.76. The first-order valence-corrected chi connectivity index (χ1v) is 10.6. The lowest BCUT2D eigenvalue weighted by atomic mass is 9.85. The number of benzene rings is 2. The normalized spacial score (nSPS) is 20.5. The number of hydrogen-bond acceptors (Lipinski definition) is 4. The lowest BCUT2D eigenvalue weighted by Crippen LogP contribution is -2.43. The maximum absolute atomic E-state index is 14.2. The number of oxime groups is 1. The fourth-order valence-corrected chi connectivity index (χ4v) is 3.82. The number of alkyl halides is 6. The van der Waals surface area contributed by atoms with Gasteiger partial charge in [-0.25, -0.2) is 0 Å². The van der Waals surface area contributed by atoms with Gasteiger partial charge >= 0.3 is 12.4 Å². The number of anilines is 1. The van der Waals surface area contributed by atoms with Gasteiger partial charge in [-0.2, -0.15) is 26.3 Å². The molecule has 1 amide bonds. The Balaban J connectivity index is 1.64. The zero-order valence-electron chi connectivity index (χ0n) is 17.0. The van der Waals surface area contributed by atoms with E-state index in [1.807, 2.05) is 0 Å². The van der Waals surface area contributed by atoms with Crippen LogP contribution in [0, 0.1) is 5.92 Å². The van der Waals surface area contributed by atoms with Crippen molar-refractivity contribution in [2.45, 2.75) is 37.2 Å². The number of rotatable bonds is 5. The van der Waals surface area contributed by atoms with Gasteiger partial charge in [0.2, 0.25) is 5.91 Å². The molecule has 5 nitrogen and oxygen atoms in total. The van der Waals surface area contributed by atoms with Gasteiger partial charge in [-0.15, -0.1) is 0 Å². The fraction of sp³-hybridized carbons (Fsp3) is 0.333. The topological polar surface area (TPSA) is 62.7 Å². The molecule has 0 saturated heterocycles. The predicted octanol–water partition coefficient (Wildman–Crippen LogP) is 6.45. The van der Waals surface area contributed by atoms with Gasteiger partial charge in [0.15, 0.2) is 0 Å². The zero-order chi connectivity index (χ0) is 24.9. The molecular weight excluding hydrogens is 511 g/mol. The van der Waals surface area contributed by atoms with Crippen molar-refractivity contribution in [3.8, 4) is 0 Å². The monoisotopic (exact) mass is 525 g/mol. The summed E-state index contributed by atoms with van der Waals surface area (Å²) in [7, 11) is 0. The van der Waals surface area contributed by atoms with Gasteiger partial charge in [-0.3, -0.25) is 15.6 Å². The minimum atomic E-state index is -5.13. The second-order valence-corrected chi connectivity index (χ2v) is 8.78. The van der Waals surface area contributed by atoms with Crippen molar-refractivity contribution in [3.63, 3.8) is 0 Å². The molecule has 1 heterocycles. The van der Waals surface area contributed by atoms with Crippen LogP contribution in [-0.2, 0) is 21.4 Å². The molecule has 2 aromatic rings. The van der Waals surface area contributed by atoms with Crippen LogP contribution >= 0.6 is 23.2 Å². The van der Waals surface area contributed by atoms with E-state index in [1.165, 1.54) is 18.2 Å². The van der Waals surface area contributed by atoms with Crippen molar-refractivity contribution in [3.05, 3.63) is 63.1 Å². The first kappa shape index (κ1) is 24.5. The Morgan fingerprint density at radius 3 is 2.38 bits per heavy atom. The number of carbonyl (C=O) groups is 1. The maximum Gasteiger partial charge on any atom is 0.435 e. The Morgan fingerprint density at radius 2 is 1.76 bits per heavy atom. The smallest absolute Gasteiger partial charge is 0.374 e. The average Bonchev–Trinajstić information content (AvgIpc) is 3.49. The second kappa shape index (κ2) is 8.53. The Hall–Kier alpha value is -2.66. The largest absolute Gasteiger partial charge is 0.435 e. The van der Waals surface area contributed by atoms with Crippen LogP contribution in [0.5, 0.6) is 0 Å². The van der Waals surface area contributed by atoms with Crippen LogP contribution in [0.25, 0.3) is 0 Å². The molecule has 1 unspecified atom stereocenters. The number of carbonyl (C=O) groups excluding carboxylic acids is 1. The molecule has 0 spiro atoms. The van der Waals surface area contributed by atoms with Crippen molar-refractivity contribution in [2.75, 3.05) is 5.43 Å². The van der Waals surface area contributed by atoms with E-state index >= 15 is 0 Å². The highest BCUT2D eigenvalue weighted by Crippen LogP contribution is 2.50. The molecule has 0 bridgehead atoms. The van der Waals surface area contributed by atoms with Gasteiger partial charge in [-0.1, -0.05) is 34.4 Å². The molecule has 1 aliphatic heterocycles. The number of hydrazine groups is 1. The van der Waals surface area contributed by atoms with Crippen LogP contribution in [0.15, 0.2) is 41.6 Å². The molecule has 182 valence electrons. The quantitative estimate of drug-likeness (QED) is 0.348. The van der Waals surface area contributed by atoms with Crippen LogP contribution < -0.4 is 10.9 Å². The lowest BCUT2D eigenvalue weighted by molar-refractivity contribution is -0.276. The van der Waals surface area contributed by atoms with Crippen LogP contribution in [-0.4, -0.2) is 17.8 Å². The van der Waals surface area contributed by atoms with E-state index in [-0.39, 0.29) is 33.8 Å². The molecule has 34 heavy (non-hydrogen) atoms. The third-order valence-electron chi connectivity index (χ3n) is 5.45. The standard InChI is InChI=1S/C21H15Cl2F6N3O2/c22-14-7-12(6-13(8-14)20(24,25)26)19(21(27,28)29)9-17(32-34-19)11-3-4-15(23)16(5-11)30-31-18(33)10-1-2-10/h3-8,10,30H,1-2,9H2,(H,31,33). The van der Waals surface area contributed by atoms with E-state index in [9.17, 15) is 31.1 Å². The lowest BCUT2D eigenvalue weighted by Gasteiger charge is -2.30. The van der Waals surface area contributed by atoms with Crippen molar-refractivity contribution in [1.82, 2.24) is 5.43 Å². The number of nitrogens with one attached hydrogen (secondary N) is 2. The summed E-state index contributed by atoms with van der Waals surface area (Å²) in [5, 5.41) is 3.18. The minimum absolute atomic E-state index is 0.103. The molecular formula is C21H15Cl2F6N3O2. The van der Waals surface area contributed by atoms with Gasteiger partial charge in [0.25, 0.3) is 5.60 Å². The Morgan fingerprint density at radius 1 is 1.06 bits per heavy atom. The van der Waals surface area contributed by atoms with Gasteiger partial charge in [0, 0.05) is 28.5 Å². The molecule has 0 aromatic heterocycles. The highest BCUT2D eigenvalue weighted by Gasteiger charge is 2.62. The molecule has 1 saturated carbocycles. The summed E-state index contributed by atoms with van der Waals surface area (Å²) in [6.07, 6.45) is -9.44. The fourth-order valence-electron chi connectivity index (χ4n) is 3.42. The second-order valence-electron chi connectivity index (χ2n) is 7.94. The van der Waals surface area contributed by atoms with E-state index < -0.39 is 40.5 Å². The average molecular weight is 526 g/mol. The van der Waals surface area contributed by atoms with Crippen molar-refractivity contribution in [1.29, 1.82) is 0 Å². The van der Waals surface area contributed by atoms with Crippen LogP contribution in [0.4, 0.5) is 32.0 Å². The first-order chi connectivity index (χ1) is 15.8. The van der Waals surface area contributed by atoms with Crippen LogP contribution in [0.1, 0.15) is 36.0 Å². The molecule has 13 heteroatoms. The number of amides is 1. The molecule has 2 aromatic carbocycles. The SMILES string of the molecule is O=C(NNc1cc(C2=NOC(c3cc(Cl)cc(C(F)(F)F)c3)(C(F)(F)F)C2)ccc1Cl)C1CC1. The summed E-state index contributed by atoms with van der Waals surface area (Å²) in [5.74, 6) is -0.353. The summed E-state index contributed by atoms with van der Waals surface area (Å²) in [5.41, 5.74) is -0.0921. The summed E-state index contributed by atoms with van der Waals surface area (Å²) in [4.78, 5) is 16.6. The van der Waals surface area contributed by atoms with Gasteiger partial charge in [0.05, 0.1) is 22.0 Å². The van der Waals surface area contributed by atoms with Gasteiger partial charge in [0.1, 0.15) is 0 Å². The summed E-state index contributed by atoms with van der Waals surface area (Å²) < 4.78 is 82.2. The molecule has 4 rings (SSSR count). The third-order valence-corrected chi connectivity index (χ3v) is 5.99. The van der Waals surface area contributed by atoms with E-state index in [4.69, 9.17) is 28.0 Å². The molecule has 0 radical (unpaired) electrons. The van der Waals surface area contributed by atoms with E-state index in [0.717, 1.165) is 18.9 Å². The van der Waals surface area contributed by atoms with Crippen LogP contribution in [0.3, 0.4) is 0 Å². The summed E-state index contributed by atoms with van der Waals surface area (Å²) in [6.45, 7) is 0. The van der Waals surface area contributed by atoms with E-state index in [2.05, 4.69) is 16.0 Å². The Kier molecular flexibility index (Phi) is 6.14. The van der Waals surface area contributed by atoms with E-state index in [1.54, 1.807) is 0 Å². The highest BCUT2D eigenvalue weighted by molar-refractivity contribution is 6.33. The molecule has 1 atom stereocenters. The maximum atomic E-state index is 14.2. The Bertz CT molecular complexity index is 1160. The van der Waals surface area contributed by atoms with Gasteiger partial charge in [-0.05, 0) is 43.2 Å². The predicted molar refractivity (Wildman–Crippen MR) is 112 cm³/mol. The first-order valence-electron chi connectivity index (χ1n) is 9.86. The number of nitrogens with zero attached hydrogens (tertiary/aromatic N) is 1. The molecule has 2 N–H and O–H groups in total. The summed E-state index contributed by atoms with van der Waals surface area (Å²) >= 11 is 11.8.